The van der Waals surface area contributed by atoms with E-state index >= 15 is 0 Å². The molecule has 0 heterocycles. The van der Waals surface area contributed by atoms with Crippen LogP contribution in [0.25, 0.3) is 0 Å². The number of halogens is 2. The Balaban J connectivity index is 2.33. The molecule has 0 amide bonds. The third-order valence-corrected chi connectivity index (χ3v) is 2.82. The molecule has 0 atom stereocenters. The van der Waals surface area contributed by atoms with Gasteiger partial charge in [-0.3, -0.25) is 0 Å². The fourth-order valence-corrected chi connectivity index (χ4v) is 1.68. The average molecular weight is 242 g/mol. The zero-order chi connectivity index (χ0) is 12.7. The van der Waals surface area contributed by atoms with E-state index in [1.54, 1.807) is 0 Å². The van der Waals surface area contributed by atoms with Crippen LogP contribution in [0, 0.1) is 11.6 Å². The van der Waals surface area contributed by atoms with E-state index in [9.17, 15) is 8.78 Å². The summed E-state index contributed by atoms with van der Waals surface area (Å²) < 4.78 is 26.2. The van der Waals surface area contributed by atoms with Crippen LogP contribution in [-0.2, 0) is 6.54 Å². The summed E-state index contributed by atoms with van der Waals surface area (Å²) in [6.45, 7) is 8.29. The van der Waals surface area contributed by atoms with Gasteiger partial charge in [-0.2, -0.15) is 0 Å². The molecule has 0 aliphatic carbocycles. The molecular weight excluding hydrogens is 222 g/mol. The van der Waals surface area contributed by atoms with Gasteiger partial charge in [0.15, 0.2) is 0 Å². The number of nitrogens with one attached hydrogen (secondary N) is 1. The molecule has 0 spiro atoms. The second kappa shape index (κ2) is 7.35. The molecule has 1 aromatic rings. The monoisotopic (exact) mass is 242 g/mol. The van der Waals surface area contributed by atoms with Crippen LogP contribution >= 0.6 is 0 Å². The lowest BCUT2D eigenvalue weighted by Gasteiger charge is -2.18. The normalized spacial score (nSPS) is 11.1. The van der Waals surface area contributed by atoms with E-state index < -0.39 is 5.82 Å². The van der Waals surface area contributed by atoms with Gasteiger partial charge >= 0.3 is 0 Å². The molecule has 17 heavy (non-hydrogen) atoms. The van der Waals surface area contributed by atoms with Gasteiger partial charge in [0.2, 0.25) is 0 Å². The highest BCUT2D eigenvalue weighted by atomic mass is 19.1. The highest BCUT2D eigenvalue weighted by Crippen LogP contribution is 2.08. The van der Waals surface area contributed by atoms with Crippen LogP contribution in [0.3, 0.4) is 0 Å². The minimum absolute atomic E-state index is 0.360. The summed E-state index contributed by atoms with van der Waals surface area (Å²) in [6.07, 6.45) is 0. The number of hydrogen-bond donors (Lipinski definition) is 1. The summed E-state index contributed by atoms with van der Waals surface area (Å²) in [7, 11) is 0. The SMILES string of the molecule is CCN(CC)CCNCc1cc(F)ccc1F. The first-order valence-electron chi connectivity index (χ1n) is 6.04. The first-order chi connectivity index (χ1) is 8.17. The molecule has 0 unspecified atom stereocenters. The fourth-order valence-electron chi connectivity index (χ4n) is 1.68. The number of rotatable bonds is 7. The molecule has 0 saturated heterocycles. The number of nitrogens with zero attached hydrogens (tertiary/aromatic N) is 1. The maximum atomic E-state index is 13.3. The molecule has 96 valence electrons. The number of benzene rings is 1. The van der Waals surface area contributed by atoms with Crippen LogP contribution in [-0.4, -0.2) is 31.1 Å². The van der Waals surface area contributed by atoms with Crippen molar-refractivity contribution in [3.05, 3.63) is 35.4 Å². The van der Waals surface area contributed by atoms with Crippen molar-refractivity contribution in [1.29, 1.82) is 0 Å². The fraction of sp³-hybridized carbons (Fsp3) is 0.538. The molecule has 2 nitrogen and oxygen atoms in total. The second-order valence-electron chi connectivity index (χ2n) is 3.94. The van der Waals surface area contributed by atoms with Crippen molar-refractivity contribution in [3.8, 4) is 0 Å². The average Bonchev–Trinajstić information content (AvgIpc) is 2.33. The maximum absolute atomic E-state index is 13.3. The number of likely N-dealkylation sites (N-methyl/N-ethyl adjacent to an activating group) is 1. The van der Waals surface area contributed by atoms with Crippen LogP contribution in [0.2, 0.25) is 0 Å². The summed E-state index contributed by atoms with van der Waals surface area (Å²) in [5.74, 6) is -0.756. The molecule has 1 aromatic carbocycles. The zero-order valence-electron chi connectivity index (χ0n) is 10.5. The Morgan fingerprint density at radius 2 is 1.88 bits per heavy atom. The Hall–Kier alpha value is -1.00. The van der Waals surface area contributed by atoms with Gasteiger partial charge in [0.05, 0.1) is 0 Å². The summed E-state index contributed by atoms with van der Waals surface area (Å²) in [5, 5.41) is 3.12. The topological polar surface area (TPSA) is 15.3 Å². The first-order valence-corrected chi connectivity index (χ1v) is 6.04. The Morgan fingerprint density at radius 3 is 2.53 bits per heavy atom. The van der Waals surface area contributed by atoms with E-state index in [2.05, 4.69) is 24.1 Å². The molecule has 0 bridgehead atoms. The van der Waals surface area contributed by atoms with Gasteiger partial charge in [0, 0.05) is 25.2 Å². The van der Waals surface area contributed by atoms with Crippen molar-refractivity contribution in [2.45, 2.75) is 20.4 Å². The van der Waals surface area contributed by atoms with E-state index in [1.807, 2.05) is 0 Å². The predicted molar refractivity (Wildman–Crippen MR) is 65.9 cm³/mol. The summed E-state index contributed by atoms with van der Waals surface area (Å²) in [6, 6.07) is 3.53. The van der Waals surface area contributed by atoms with Crippen molar-refractivity contribution >= 4 is 0 Å². The van der Waals surface area contributed by atoms with Gasteiger partial charge < -0.3 is 10.2 Å². The Labute approximate surface area is 102 Å². The van der Waals surface area contributed by atoms with Crippen molar-refractivity contribution < 1.29 is 8.78 Å². The third-order valence-electron chi connectivity index (χ3n) is 2.82. The van der Waals surface area contributed by atoms with E-state index in [-0.39, 0.29) is 5.82 Å². The zero-order valence-corrected chi connectivity index (χ0v) is 10.5. The van der Waals surface area contributed by atoms with Crippen LogP contribution in [0.15, 0.2) is 18.2 Å². The largest absolute Gasteiger partial charge is 0.311 e. The highest BCUT2D eigenvalue weighted by Gasteiger charge is 2.03. The Morgan fingerprint density at radius 1 is 1.18 bits per heavy atom. The highest BCUT2D eigenvalue weighted by molar-refractivity contribution is 5.18. The summed E-state index contributed by atoms with van der Waals surface area (Å²) in [4.78, 5) is 2.27. The van der Waals surface area contributed by atoms with E-state index in [0.717, 1.165) is 38.3 Å². The van der Waals surface area contributed by atoms with E-state index in [1.165, 1.54) is 6.07 Å². The predicted octanol–water partition coefficient (Wildman–Crippen LogP) is 2.40. The van der Waals surface area contributed by atoms with Gasteiger partial charge in [-0.05, 0) is 31.3 Å². The van der Waals surface area contributed by atoms with Crippen LogP contribution in [0.1, 0.15) is 19.4 Å². The van der Waals surface area contributed by atoms with Gasteiger partial charge in [0.25, 0.3) is 0 Å². The molecule has 0 fully saturated rings. The lowest BCUT2D eigenvalue weighted by molar-refractivity contribution is 0.302. The summed E-state index contributed by atoms with van der Waals surface area (Å²) in [5.41, 5.74) is 0.379. The Kier molecular flexibility index (Phi) is 6.08. The quantitative estimate of drug-likeness (QED) is 0.739. The van der Waals surface area contributed by atoms with E-state index in [4.69, 9.17) is 0 Å². The molecule has 0 aliphatic heterocycles. The van der Waals surface area contributed by atoms with Crippen molar-refractivity contribution in [2.24, 2.45) is 0 Å². The van der Waals surface area contributed by atoms with Gasteiger partial charge in [0.1, 0.15) is 11.6 Å². The molecule has 0 saturated carbocycles. The van der Waals surface area contributed by atoms with Gasteiger partial charge in [-0.15, -0.1) is 0 Å². The molecule has 0 radical (unpaired) electrons. The molecule has 0 aliphatic rings. The summed E-state index contributed by atoms with van der Waals surface area (Å²) >= 11 is 0. The molecule has 4 heteroatoms. The van der Waals surface area contributed by atoms with E-state index in [0.29, 0.717) is 12.1 Å². The van der Waals surface area contributed by atoms with Crippen LogP contribution < -0.4 is 5.32 Å². The standard InChI is InChI=1S/C13H20F2N2/c1-3-17(4-2)8-7-16-10-11-9-12(14)5-6-13(11)15/h5-6,9,16H,3-4,7-8,10H2,1-2H3. The lowest BCUT2D eigenvalue weighted by Crippen LogP contribution is -2.31. The maximum Gasteiger partial charge on any atom is 0.127 e. The molecule has 1 rings (SSSR count). The minimum Gasteiger partial charge on any atom is -0.311 e. The number of hydrogen-bond acceptors (Lipinski definition) is 2. The second-order valence-corrected chi connectivity index (χ2v) is 3.94. The van der Waals surface area contributed by atoms with Crippen LogP contribution in [0.4, 0.5) is 8.78 Å². The van der Waals surface area contributed by atoms with Crippen molar-refractivity contribution in [1.82, 2.24) is 10.2 Å². The lowest BCUT2D eigenvalue weighted by atomic mass is 10.2. The smallest absolute Gasteiger partial charge is 0.127 e. The van der Waals surface area contributed by atoms with Gasteiger partial charge in [-0.25, -0.2) is 8.78 Å². The van der Waals surface area contributed by atoms with Crippen molar-refractivity contribution in [2.75, 3.05) is 26.2 Å². The third kappa shape index (κ3) is 4.79. The minimum atomic E-state index is -0.396. The van der Waals surface area contributed by atoms with Crippen LogP contribution in [0.5, 0.6) is 0 Å². The molecule has 0 aromatic heterocycles. The Bertz CT molecular complexity index is 338. The molecule has 1 N–H and O–H groups in total. The first kappa shape index (κ1) is 14.1. The van der Waals surface area contributed by atoms with Gasteiger partial charge in [-0.1, -0.05) is 13.8 Å². The molecular formula is C13H20F2N2. The van der Waals surface area contributed by atoms with Crippen molar-refractivity contribution in [3.63, 3.8) is 0 Å².